The number of rotatable bonds is 7. The number of carbonyl (C=O) groups excluding carboxylic acids is 1. The van der Waals surface area contributed by atoms with Gasteiger partial charge in [0, 0.05) is 23.9 Å². The maximum Gasteiger partial charge on any atom is 0.276 e. The van der Waals surface area contributed by atoms with Crippen LogP contribution in [0.25, 0.3) is 15.9 Å². The first-order valence-corrected chi connectivity index (χ1v) is 11.7. The number of para-hydroxylation sites is 1. The van der Waals surface area contributed by atoms with Crippen LogP contribution >= 0.6 is 34.7 Å². The summed E-state index contributed by atoms with van der Waals surface area (Å²) in [5, 5.41) is 5.43. The van der Waals surface area contributed by atoms with E-state index in [1.54, 1.807) is 48.5 Å². The summed E-state index contributed by atoms with van der Waals surface area (Å²) >= 11 is 8.83. The Balaban J connectivity index is 1.62. The van der Waals surface area contributed by atoms with Gasteiger partial charge in [0.25, 0.3) is 5.56 Å². The van der Waals surface area contributed by atoms with Crippen molar-refractivity contribution in [2.75, 3.05) is 25.3 Å². The van der Waals surface area contributed by atoms with Crippen molar-refractivity contribution in [3.05, 3.63) is 69.3 Å². The Labute approximate surface area is 197 Å². The largest absolute Gasteiger partial charge is 0.497 e. The lowest BCUT2D eigenvalue weighted by Crippen LogP contribution is -2.22. The lowest BCUT2D eigenvalue weighted by atomic mass is 10.2. The fraction of sp³-hybridized carbons (Fsp3) is 0.136. The zero-order chi connectivity index (χ0) is 22.7. The van der Waals surface area contributed by atoms with Gasteiger partial charge in [-0.2, -0.15) is 0 Å². The van der Waals surface area contributed by atoms with Gasteiger partial charge in [-0.15, -0.1) is 11.3 Å². The molecule has 0 fully saturated rings. The van der Waals surface area contributed by atoms with Crippen LogP contribution in [0.3, 0.4) is 0 Å². The molecule has 7 nitrogen and oxygen atoms in total. The van der Waals surface area contributed by atoms with E-state index < -0.39 is 0 Å². The van der Waals surface area contributed by atoms with Crippen molar-refractivity contribution in [2.45, 2.75) is 5.16 Å². The minimum Gasteiger partial charge on any atom is -0.497 e. The van der Waals surface area contributed by atoms with Gasteiger partial charge in [0.15, 0.2) is 5.16 Å². The number of fused-ring (bicyclic) bond motifs is 1. The number of anilines is 1. The van der Waals surface area contributed by atoms with E-state index in [-0.39, 0.29) is 17.2 Å². The average molecular weight is 488 g/mol. The minimum atomic E-state index is -0.268. The first-order valence-electron chi connectivity index (χ1n) is 9.41. The number of aromatic nitrogens is 2. The quantitative estimate of drug-likeness (QED) is 0.296. The van der Waals surface area contributed by atoms with Crippen molar-refractivity contribution in [2.24, 2.45) is 0 Å². The molecule has 0 saturated heterocycles. The SMILES string of the molecule is COc1cc(NC(=O)CSc2nc3ccsc3c(=O)n2-c2ccccc2Cl)cc(OC)c1. The van der Waals surface area contributed by atoms with Crippen LogP contribution in [0.15, 0.2) is 63.9 Å². The number of thioether (sulfide) groups is 1. The van der Waals surface area contributed by atoms with E-state index in [2.05, 4.69) is 10.3 Å². The molecular weight excluding hydrogens is 470 g/mol. The summed E-state index contributed by atoms with van der Waals surface area (Å²) in [4.78, 5) is 30.4. The zero-order valence-corrected chi connectivity index (χ0v) is 19.5. The molecule has 2 heterocycles. The van der Waals surface area contributed by atoms with Crippen LogP contribution in [0.5, 0.6) is 11.5 Å². The van der Waals surface area contributed by atoms with Gasteiger partial charge in [0.1, 0.15) is 16.2 Å². The highest BCUT2D eigenvalue weighted by molar-refractivity contribution is 7.99. The second-order valence-electron chi connectivity index (χ2n) is 6.56. The molecule has 0 atom stereocenters. The van der Waals surface area contributed by atoms with Gasteiger partial charge in [-0.25, -0.2) is 4.98 Å². The summed E-state index contributed by atoms with van der Waals surface area (Å²) < 4.78 is 12.5. The highest BCUT2D eigenvalue weighted by atomic mass is 35.5. The Kier molecular flexibility index (Phi) is 6.69. The van der Waals surface area contributed by atoms with Crippen molar-refractivity contribution in [3.63, 3.8) is 0 Å². The molecule has 0 bridgehead atoms. The van der Waals surface area contributed by atoms with E-state index in [0.29, 0.717) is 43.3 Å². The number of methoxy groups -OCH3 is 2. The lowest BCUT2D eigenvalue weighted by molar-refractivity contribution is -0.113. The third-order valence-corrected chi connectivity index (χ3v) is 6.66. The predicted molar refractivity (Wildman–Crippen MR) is 129 cm³/mol. The van der Waals surface area contributed by atoms with Crippen molar-refractivity contribution >= 4 is 56.5 Å². The monoisotopic (exact) mass is 487 g/mol. The van der Waals surface area contributed by atoms with Gasteiger partial charge in [0.2, 0.25) is 5.91 Å². The first kappa shape index (κ1) is 22.2. The average Bonchev–Trinajstić information content (AvgIpc) is 3.27. The van der Waals surface area contributed by atoms with E-state index in [1.165, 1.54) is 30.1 Å². The Morgan fingerprint density at radius 1 is 1.16 bits per heavy atom. The van der Waals surface area contributed by atoms with Crippen LogP contribution in [-0.2, 0) is 4.79 Å². The number of benzene rings is 2. The molecule has 1 N–H and O–H groups in total. The number of halogens is 1. The van der Waals surface area contributed by atoms with Gasteiger partial charge in [0.05, 0.1) is 36.2 Å². The van der Waals surface area contributed by atoms with Crippen molar-refractivity contribution in [1.82, 2.24) is 9.55 Å². The van der Waals surface area contributed by atoms with Gasteiger partial charge >= 0.3 is 0 Å². The van der Waals surface area contributed by atoms with Crippen LogP contribution in [-0.4, -0.2) is 35.4 Å². The normalized spacial score (nSPS) is 10.8. The van der Waals surface area contributed by atoms with Gasteiger partial charge < -0.3 is 14.8 Å². The molecular formula is C22H18ClN3O4S2. The number of carbonyl (C=O) groups is 1. The number of hydrogen-bond acceptors (Lipinski definition) is 7. The molecule has 1 amide bonds. The molecule has 0 aliphatic carbocycles. The van der Waals surface area contributed by atoms with E-state index >= 15 is 0 Å². The molecule has 0 unspecified atom stereocenters. The number of nitrogens with one attached hydrogen (secondary N) is 1. The Bertz CT molecular complexity index is 1330. The molecule has 32 heavy (non-hydrogen) atoms. The first-order chi connectivity index (χ1) is 15.5. The van der Waals surface area contributed by atoms with E-state index in [1.807, 2.05) is 5.38 Å². The summed E-state index contributed by atoms with van der Waals surface area (Å²) in [7, 11) is 3.08. The number of nitrogens with zero attached hydrogens (tertiary/aromatic N) is 2. The smallest absolute Gasteiger partial charge is 0.276 e. The number of hydrogen-bond donors (Lipinski definition) is 1. The Morgan fingerprint density at radius 3 is 2.56 bits per heavy atom. The fourth-order valence-electron chi connectivity index (χ4n) is 3.04. The molecule has 4 rings (SSSR count). The van der Waals surface area contributed by atoms with Crippen molar-refractivity contribution < 1.29 is 14.3 Å². The molecule has 4 aromatic rings. The summed E-state index contributed by atoms with van der Waals surface area (Å²) in [6.45, 7) is 0. The van der Waals surface area contributed by atoms with Crippen LogP contribution in [0, 0.1) is 0 Å². The molecule has 164 valence electrons. The fourth-order valence-corrected chi connectivity index (χ4v) is 4.83. The summed E-state index contributed by atoms with van der Waals surface area (Å²) in [5.74, 6) is 0.885. The van der Waals surface area contributed by atoms with Crippen LogP contribution in [0.1, 0.15) is 0 Å². The summed E-state index contributed by atoms with van der Waals surface area (Å²) in [6, 6.07) is 13.9. The molecule has 2 aromatic heterocycles. The third-order valence-electron chi connectivity index (χ3n) is 4.51. The second-order valence-corrected chi connectivity index (χ2v) is 8.83. The van der Waals surface area contributed by atoms with Gasteiger partial charge in [-0.3, -0.25) is 14.2 Å². The van der Waals surface area contributed by atoms with Crippen molar-refractivity contribution in [1.29, 1.82) is 0 Å². The molecule has 2 aromatic carbocycles. The Morgan fingerprint density at radius 2 is 1.88 bits per heavy atom. The van der Waals surface area contributed by atoms with Crippen molar-refractivity contribution in [3.8, 4) is 17.2 Å². The van der Waals surface area contributed by atoms with E-state index in [9.17, 15) is 9.59 Å². The standard InChI is InChI=1S/C22H18ClN3O4S2/c1-29-14-9-13(10-15(11-14)30-2)24-19(27)12-32-22-25-17-7-8-31-20(17)21(28)26(22)18-6-4-3-5-16(18)23/h3-11H,12H2,1-2H3,(H,24,27). The highest BCUT2D eigenvalue weighted by Crippen LogP contribution is 2.28. The minimum absolute atomic E-state index is 0.0338. The van der Waals surface area contributed by atoms with Crippen LogP contribution in [0.2, 0.25) is 5.02 Å². The maximum atomic E-state index is 13.2. The molecule has 0 radical (unpaired) electrons. The number of ether oxygens (including phenoxy) is 2. The third kappa shape index (κ3) is 4.59. The molecule has 0 saturated carbocycles. The maximum absolute atomic E-state index is 13.2. The topological polar surface area (TPSA) is 82.5 Å². The zero-order valence-electron chi connectivity index (χ0n) is 17.1. The Hall–Kier alpha value is -3.01. The van der Waals surface area contributed by atoms with Gasteiger partial charge in [-0.05, 0) is 23.6 Å². The van der Waals surface area contributed by atoms with E-state index in [4.69, 9.17) is 21.1 Å². The molecule has 0 aliphatic heterocycles. The molecule has 10 heteroatoms. The number of amides is 1. The molecule has 0 aliphatic rings. The van der Waals surface area contributed by atoms with Crippen LogP contribution in [0.4, 0.5) is 5.69 Å². The highest BCUT2D eigenvalue weighted by Gasteiger charge is 2.17. The molecule has 0 spiro atoms. The van der Waals surface area contributed by atoms with Crippen LogP contribution < -0.4 is 20.3 Å². The lowest BCUT2D eigenvalue weighted by Gasteiger charge is -2.13. The summed E-state index contributed by atoms with van der Waals surface area (Å²) in [5.41, 5.74) is 1.42. The summed E-state index contributed by atoms with van der Waals surface area (Å²) in [6.07, 6.45) is 0. The number of thiophene rings is 1. The predicted octanol–water partition coefficient (Wildman–Crippen LogP) is 4.85. The second kappa shape index (κ2) is 9.64. The van der Waals surface area contributed by atoms with E-state index in [0.717, 1.165) is 11.8 Å². The van der Waals surface area contributed by atoms with Gasteiger partial charge in [-0.1, -0.05) is 35.5 Å².